The van der Waals surface area contributed by atoms with Crippen molar-refractivity contribution in [3.05, 3.63) is 70.5 Å². The molecule has 7 heteroatoms. The molecule has 1 atom stereocenters. The number of rotatable bonds is 7. The largest absolute Gasteiger partial charge is 0.381 e. The maximum Gasteiger partial charge on any atom is 0.260 e. The predicted molar refractivity (Wildman–Crippen MR) is 147 cm³/mol. The van der Waals surface area contributed by atoms with Gasteiger partial charge in [0.25, 0.3) is 5.56 Å². The van der Waals surface area contributed by atoms with Crippen LogP contribution in [-0.2, 0) is 17.8 Å². The number of anilines is 1. The first kappa shape index (κ1) is 23.0. The fraction of sp³-hybridized carbons (Fsp3) is 0.467. The molecule has 1 aromatic carbocycles. The van der Waals surface area contributed by atoms with E-state index in [2.05, 4.69) is 50.5 Å². The van der Waals surface area contributed by atoms with Gasteiger partial charge in [-0.25, -0.2) is 0 Å². The molecule has 3 aliphatic rings. The van der Waals surface area contributed by atoms with Gasteiger partial charge in [-0.1, -0.05) is 18.6 Å². The van der Waals surface area contributed by atoms with Crippen LogP contribution >= 0.6 is 0 Å². The Morgan fingerprint density at radius 2 is 2.08 bits per heavy atom. The molecule has 4 aromatic rings. The molecule has 7 rings (SSSR count). The molecule has 1 unspecified atom stereocenters. The zero-order chi connectivity index (χ0) is 24.8. The average molecular weight is 498 g/mol. The number of nitrogens with zero attached hydrogens (tertiary/aromatic N) is 3. The average Bonchev–Trinajstić information content (AvgIpc) is 3.62. The standard InChI is InChI=1S/C30H35N5O2/c36-29-26-16-32-17-28(35-10-7-30(19-35)8-11-37-20-30)25(26)6-9-34(29)18-22-4-5-23-13-24(33-27(23)12-22)15-31-14-21-2-1-3-21/h4-6,9,12-13,16-17,21,31,33H,1-3,7-8,10-11,14-15,18-20H2. The Labute approximate surface area is 216 Å². The summed E-state index contributed by atoms with van der Waals surface area (Å²) >= 11 is 0. The molecule has 3 fully saturated rings. The number of hydrogen-bond donors (Lipinski definition) is 2. The van der Waals surface area contributed by atoms with Crippen molar-refractivity contribution in [3.63, 3.8) is 0 Å². The number of hydrogen-bond acceptors (Lipinski definition) is 5. The van der Waals surface area contributed by atoms with Gasteiger partial charge < -0.3 is 24.5 Å². The zero-order valence-corrected chi connectivity index (χ0v) is 21.3. The Morgan fingerprint density at radius 1 is 1.14 bits per heavy atom. The number of benzene rings is 1. The van der Waals surface area contributed by atoms with Gasteiger partial charge in [0.15, 0.2) is 0 Å². The number of aromatic nitrogens is 3. The summed E-state index contributed by atoms with van der Waals surface area (Å²) in [5.41, 5.74) is 4.78. The number of fused-ring (bicyclic) bond motifs is 2. The van der Waals surface area contributed by atoms with E-state index in [1.807, 2.05) is 12.4 Å². The van der Waals surface area contributed by atoms with Crippen molar-refractivity contribution in [1.29, 1.82) is 0 Å². The summed E-state index contributed by atoms with van der Waals surface area (Å²) in [7, 11) is 0. The number of aromatic amines is 1. The van der Waals surface area contributed by atoms with E-state index >= 15 is 0 Å². The normalized spacial score (nSPS) is 22.0. The van der Waals surface area contributed by atoms with Crippen molar-refractivity contribution in [3.8, 4) is 0 Å². The van der Waals surface area contributed by atoms with Crippen LogP contribution in [0.2, 0.25) is 0 Å². The summed E-state index contributed by atoms with van der Waals surface area (Å²) in [4.78, 5) is 23.9. The fourth-order valence-corrected chi connectivity index (χ4v) is 6.41. The van der Waals surface area contributed by atoms with E-state index in [4.69, 9.17) is 4.74 Å². The molecule has 192 valence electrons. The molecule has 2 saturated heterocycles. The second-order valence-corrected chi connectivity index (χ2v) is 11.5. The molecule has 1 spiro atoms. The van der Waals surface area contributed by atoms with Gasteiger partial charge in [-0.2, -0.15) is 0 Å². The van der Waals surface area contributed by atoms with Crippen molar-refractivity contribution in [2.75, 3.05) is 37.7 Å². The molecule has 1 aliphatic carbocycles. The first-order chi connectivity index (χ1) is 18.2. The molecule has 37 heavy (non-hydrogen) atoms. The summed E-state index contributed by atoms with van der Waals surface area (Å²) < 4.78 is 7.51. The summed E-state index contributed by atoms with van der Waals surface area (Å²) in [5, 5.41) is 6.47. The molecule has 0 amide bonds. The zero-order valence-electron chi connectivity index (χ0n) is 21.3. The van der Waals surface area contributed by atoms with Crippen molar-refractivity contribution in [2.24, 2.45) is 11.3 Å². The van der Waals surface area contributed by atoms with E-state index < -0.39 is 0 Å². The van der Waals surface area contributed by atoms with Crippen LogP contribution in [-0.4, -0.2) is 47.4 Å². The van der Waals surface area contributed by atoms with E-state index in [0.29, 0.717) is 11.9 Å². The lowest BCUT2D eigenvalue weighted by Crippen LogP contribution is -2.28. The topological polar surface area (TPSA) is 75.2 Å². The van der Waals surface area contributed by atoms with Gasteiger partial charge in [0.1, 0.15) is 0 Å². The highest BCUT2D eigenvalue weighted by Crippen LogP contribution is 2.41. The maximum absolute atomic E-state index is 13.5. The summed E-state index contributed by atoms with van der Waals surface area (Å²) in [6, 6.07) is 10.8. The minimum absolute atomic E-state index is 0.0115. The molecule has 0 radical (unpaired) electrons. The third-order valence-electron chi connectivity index (χ3n) is 8.91. The molecule has 2 aliphatic heterocycles. The summed E-state index contributed by atoms with van der Waals surface area (Å²) in [6.07, 6.45) is 11.9. The van der Waals surface area contributed by atoms with Gasteiger partial charge in [-0.15, -0.1) is 0 Å². The minimum Gasteiger partial charge on any atom is -0.381 e. The number of ether oxygens (including phenoxy) is 1. The number of pyridine rings is 2. The molecular formula is C30H35N5O2. The molecule has 7 nitrogen and oxygen atoms in total. The second-order valence-electron chi connectivity index (χ2n) is 11.5. The Balaban J connectivity index is 1.10. The predicted octanol–water partition coefficient (Wildman–Crippen LogP) is 4.43. The lowest BCUT2D eigenvalue weighted by Gasteiger charge is -2.25. The highest BCUT2D eigenvalue weighted by atomic mass is 16.5. The van der Waals surface area contributed by atoms with Crippen LogP contribution in [0.25, 0.3) is 21.7 Å². The molecule has 0 bridgehead atoms. The smallest absolute Gasteiger partial charge is 0.260 e. The van der Waals surface area contributed by atoms with Crippen LogP contribution in [0.1, 0.15) is 43.4 Å². The molecular weight excluding hydrogens is 462 g/mol. The van der Waals surface area contributed by atoms with Gasteiger partial charge in [0.2, 0.25) is 0 Å². The van der Waals surface area contributed by atoms with Crippen LogP contribution in [0.15, 0.2) is 53.7 Å². The number of H-pyrrole nitrogens is 1. The van der Waals surface area contributed by atoms with Gasteiger partial charge in [0, 0.05) is 60.6 Å². The maximum atomic E-state index is 13.5. The summed E-state index contributed by atoms with van der Waals surface area (Å²) in [6.45, 7) is 6.18. The third kappa shape index (κ3) is 4.34. The van der Waals surface area contributed by atoms with Gasteiger partial charge in [-0.05, 0) is 67.3 Å². The molecule has 2 N–H and O–H groups in total. The van der Waals surface area contributed by atoms with E-state index in [-0.39, 0.29) is 11.0 Å². The third-order valence-corrected chi connectivity index (χ3v) is 8.91. The highest BCUT2D eigenvalue weighted by molar-refractivity contribution is 5.92. The number of nitrogens with one attached hydrogen (secondary N) is 2. The first-order valence-electron chi connectivity index (χ1n) is 13.8. The van der Waals surface area contributed by atoms with E-state index in [9.17, 15) is 4.79 Å². The van der Waals surface area contributed by atoms with Crippen LogP contribution in [0.5, 0.6) is 0 Å². The van der Waals surface area contributed by atoms with Crippen LogP contribution in [0, 0.1) is 11.3 Å². The molecule has 3 aromatic heterocycles. The SMILES string of the molecule is O=c1c2cncc(N3CCC4(CCOC4)C3)c2ccn1Cc1ccc2cc(CNCC3CCC3)[nH]c2c1. The van der Waals surface area contributed by atoms with E-state index in [1.54, 1.807) is 10.8 Å². The quantitative estimate of drug-likeness (QED) is 0.395. The van der Waals surface area contributed by atoms with Crippen molar-refractivity contribution < 1.29 is 4.74 Å². The fourth-order valence-electron chi connectivity index (χ4n) is 6.41. The Bertz CT molecular complexity index is 1500. The van der Waals surface area contributed by atoms with Crippen molar-refractivity contribution in [1.82, 2.24) is 19.9 Å². The monoisotopic (exact) mass is 497 g/mol. The van der Waals surface area contributed by atoms with Crippen LogP contribution in [0.3, 0.4) is 0 Å². The lowest BCUT2D eigenvalue weighted by atomic mass is 9.85. The summed E-state index contributed by atoms with van der Waals surface area (Å²) in [5.74, 6) is 0.858. The Kier molecular flexibility index (Phi) is 5.78. The van der Waals surface area contributed by atoms with Crippen LogP contribution in [0.4, 0.5) is 5.69 Å². The first-order valence-corrected chi connectivity index (χ1v) is 13.8. The highest BCUT2D eigenvalue weighted by Gasteiger charge is 2.41. The van der Waals surface area contributed by atoms with E-state index in [0.717, 1.165) is 80.3 Å². The minimum atomic E-state index is 0.0115. The lowest BCUT2D eigenvalue weighted by molar-refractivity contribution is 0.160. The molecule has 5 heterocycles. The van der Waals surface area contributed by atoms with Crippen molar-refractivity contribution >= 4 is 27.4 Å². The molecule has 1 saturated carbocycles. The van der Waals surface area contributed by atoms with Crippen LogP contribution < -0.4 is 15.8 Å². The Hall–Kier alpha value is -3.16. The van der Waals surface area contributed by atoms with E-state index in [1.165, 1.54) is 30.3 Å². The van der Waals surface area contributed by atoms with Gasteiger partial charge >= 0.3 is 0 Å². The van der Waals surface area contributed by atoms with Crippen molar-refractivity contribution in [2.45, 2.75) is 45.2 Å². The Morgan fingerprint density at radius 3 is 2.92 bits per heavy atom. The van der Waals surface area contributed by atoms with Gasteiger partial charge in [-0.3, -0.25) is 9.78 Å². The van der Waals surface area contributed by atoms with Gasteiger partial charge in [0.05, 0.1) is 30.4 Å². The second kappa shape index (κ2) is 9.30.